The summed E-state index contributed by atoms with van der Waals surface area (Å²) >= 11 is 0. The van der Waals surface area contributed by atoms with E-state index in [4.69, 9.17) is 0 Å². The van der Waals surface area contributed by atoms with E-state index in [1.807, 2.05) is 0 Å². The lowest BCUT2D eigenvalue weighted by atomic mass is 10.2. The molecule has 0 aromatic carbocycles. The van der Waals surface area contributed by atoms with E-state index in [9.17, 15) is 4.79 Å². The summed E-state index contributed by atoms with van der Waals surface area (Å²) < 4.78 is 0. The Morgan fingerprint density at radius 3 is 1.45 bits per heavy atom. The minimum atomic E-state index is 0.141. The Kier molecular flexibility index (Phi) is 21.6. The summed E-state index contributed by atoms with van der Waals surface area (Å²) in [5, 5.41) is 3.04. The van der Waals surface area contributed by atoms with Gasteiger partial charge in [0.15, 0.2) is 0 Å². The van der Waals surface area contributed by atoms with Crippen LogP contribution in [0.5, 0.6) is 0 Å². The predicted molar refractivity (Wildman–Crippen MR) is 147 cm³/mol. The zero-order valence-corrected chi connectivity index (χ0v) is 22.0. The number of carbonyl (C=O) groups excluding carboxylic acids is 1. The number of amides is 1. The minimum Gasteiger partial charge on any atom is -0.355 e. The van der Waals surface area contributed by atoms with Crippen LogP contribution in [-0.4, -0.2) is 36.0 Å². The minimum absolute atomic E-state index is 0.141. The molecule has 0 aliphatic rings. The molecule has 3 heteroatoms. The number of allylic oxidation sites excluding steroid dienone is 12. The number of hydrogen-bond donors (Lipinski definition) is 1. The highest BCUT2D eigenvalue weighted by Crippen LogP contribution is 2.03. The van der Waals surface area contributed by atoms with Gasteiger partial charge in [-0.15, -0.1) is 0 Å². The Bertz CT molecular complexity index is 628. The third kappa shape index (κ3) is 21.5. The molecule has 0 radical (unpaired) electrons. The molecule has 1 N–H and O–H groups in total. The molecule has 0 saturated heterocycles. The maximum Gasteiger partial charge on any atom is 0.220 e. The van der Waals surface area contributed by atoms with Gasteiger partial charge >= 0.3 is 0 Å². The molecule has 0 aliphatic heterocycles. The summed E-state index contributed by atoms with van der Waals surface area (Å²) in [7, 11) is 0. The Morgan fingerprint density at radius 1 is 0.667 bits per heavy atom. The molecule has 0 fully saturated rings. The summed E-state index contributed by atoms with van der Waals surface area (Å²) in [6.45, 7) is 12.6. The molecule has 0 saturated carbocycles. The Labute approximate surface area is 205 Å². The van der Waals surface area contributed by atoms with Crippen LogP contribution >= 0.6 is 0 Å². The third-order valence-corrected chi connectivity index (χ3v) is 5.15. The molecule has 3 nitrogen and oxygen atoms in total. The van der Waals surface area contributed by atoms with E-state index in [1.54, 1.807) is 0 Å². The summed E-state index contributed by atoms with van der Waals surface area (Å²) in [4.78, 5) is 14.3. The van der Waals surface area contributed by atoms with E-state index in [-0.39, 0.29) is 5.91 Å². The maximum absolute atomic E-state index is 12.0. The van der Waals surface area contributed by atoms with Gasteiger partial charge in [-0.25, -0.2) is 0 Å². The number of nitrogens with zero attached hydrogens (tertiary/aromatic N) is 1. The fourth-order valence-electron chi connectivity index (χ4n) is 3.38. The highest BCUT2D eigenvalue weighted by atomic mass is 16.1. The molecule has 0 atom stereocenters. The van der Waals surface area contributed by atoms with Gasteiger partial charge in [-0.2, -0.15) is 0 Å². The molecule has 0 unspecified atom stereocenters. The highest BCUT2D eigenvalue weighted by molar-refractivity contribution is 5.75. The van der Waals surface area contributed by atoms with Gasteiger partial charge in [0.2, 0.25) is 5.91 Å². The highest BCUT2D eigenvalue weighted by Gasteiger charge is 2.12. The van der Waals surface area contributed by atoms with E-state index in [0.29, 0.717) is 18.5 Å². The quantitative estimate of drug-likeness (QED) is 0.203. The lowest BCUT2D eigenvalue weighted by Crippen LogP contribution is -2.42. The van der Waals surface area contributed by atoms with Crippen molar-refractivity contribution in [1.29, 1.82) is 0 Å². The molecule has 0 aromatic heterocycles. The van der Waals surface area contributed by atoms with Crippen molar-refractivity contribution in [2.45, 2.75) is 98.1 Å². The Balaban J connectivity index is 3.70. The first-order valence-corrected chi connectivity index (χ1v) is 12.9. The SMILES string of the molecule is CCC=CCC=CCC=CCC=CCC=CCC=CCCC(=O)NCCN(C(C)C)C(C)C. The molecule has 33 heavy (non-hydrogen) atoms. The molecule has 0 aliphatic carbocycles. The molecule has 0 heterocycles. The average Bonchev–Trinajstić information content (AvgIpc) is 2.77. The smallest absolute Gasteiger partial charge is 0.220 e. The lowest BCUT2D eigenvalue weighted by molar-refractivity contribution is -0.121. The van der Waals surface area contributed by atoms with Gasteiger partial charge in [0.25, 0.3) is 0 Å². The van der Waals surface area contributed by atoms with Crippen LogP contribution < -0.4 is 5.32 Å². The summed E-state index contributed by atoms with van der Waals surface area (Å²) in [5.41, 5.74) is 0. The number of hydrogen-bond acceptors (Lipinski definition) is 2. The van der Waals surface area contributed by atoms with Crippen LogP contribution in [0.4, 0.5) is 0 Å². The van der Waals surface area contributed by atoms with Gasteiger partial charge in [-0.1, -0.05) is 79.8 Å². The first kappa shape index (κ1) is 30.9. The van der Waals surface area contributed by atoms with Gasteiger partial charge in [-0.05, 0) is 72.6 Å². The maximum atomic E-state index is 12.0. The van der Waals surface area contributed by atoms with Crippen LogP contribution in [0.1, 0.15) is 86.0 Å². The summed E-state index contributed by atoms with van der Waals surface area (Å²) in [5.74, 6) is 0.141. The van der Waals surface area contributed by atoms with Crippen LogP contribution in [0.3, 0.4) is 0 Å². The lowest BCUT2D eigenvalue weighted by Gasteiger charge is -2.30. The average molecular weight is 455 g/mol. The van der Waals surface area contributed by atoms with Crippen molar-refractivity contribution in [1.82, 2.24) is 10.2 Å². The van der Waals surface area contributed by atoms with E-state index in [1.165, 1.54) is 0 Å². The van der Waals surface area contributed by atoms with Gasteiger partial charge in [0.1, 0.15) is 0 Å². The van der Waals surface area contributed by atoms with Crippen molar-refractivity contribution in [2.24, 2.45) is 0 Å². The molecule has 0 rings (SSSR count). The fraction of sp³-hybridized carbons (Fsp3) is 0.567. The molecule has 0 aromatic rings. The van der Waals surface area contributed by atoms with E-state index in [0.717, 1.165) is 58.0 Å². The standard InChI is InChI=1S/C30H50N2O/c1-6-7-8-9-10-11-12-13-14-15-16-17-18-19-20-21-22-23-24-25-30(33)31-26-27-32(28(2)3)29(4)5/h7-8,10-11,13-14,16-17,19-20,22-23,28-29H,6,9,12,15,18,21,24-27H2,1-5H3,(H,31,33). The van der Waals surface area contributed by atoms with E-state index < -0.39 is 0 Å². The fourth-order valence-corrected chi connectivity index (χ4v) is 3.38. The van der Waals surface area contributed by atoms with Crippen LogP contribution in [-0.2, 0) is 4.79 Å². The number of nitrogens with one attached hydrogen (secondary N) is 1. The summed E-state index contributed by atoms with van der Waals surface area (Å²) in [6, 6.07) is 1.00. The molecular weight excluding hydrogens is 404 g/mol. The predicted octanol–water partition coefficient (Wildman–Crippen LogP) is 7.70. The number of rotatable bonds is 19. The van der Waals surface area contributed by atoms with Gasteiger partial charge in [0.05, 0.1) is 0 Å². The summed E-state index contributed by atoms with van der Waals surface area (Å²) in [6.07, 6.45) is 33.7. The number of carbonyl (C=O) groups is 1. The van der Waals surface area contributed by atoms with Gasteiger partial charge < -0.3 is 5.32 Å². The monoisotopic (exact) mass is 454 g/mol. The van der Waals surface area contributed by atoms with Gasteiger partial charge in [0, 0.05) is 31.6 Å². The third-order valence-electron chi connectivity index (χ3n) is 5.15. The van der Waals surface area contributed by atoms with Crippen molar-refractivity contribution >= 4 is 5.91 Å². The zero-order chi connectivity index (χ0) is 24.6. The molecular formula is C30H50N2O. The van der Waals surface area contributed by atoms with E-state index >= 15 is 0 Å². The first-order chi connectivity index (χ1) is 16.0. The van der Waals surface area contributed by atoms with Crippen LogP contribution in [0.2, 0.25) is 0 Å². The second-order valence-electron chi connectivity index (χ2n) is 8.73. The molecule has 186 valence electrons. The Morgan fingerprint density at radius 2 is 1.06 bits per heavy atom. The molecule has 1 amide bonds. The first-order valence-electron chi connectivity index (χ1n) is 12.9. The van der Waals surface area contributed by atoms with Crippen LogP contribution in [0.25, 0.3) is 0 Å². The molecule has 0 bridgehead atoms. The normalized spacial score (nSPS) is 13.2. The van der Waals surface area contributed by atoms with Crippen LogP contribution in [0.15, 0.2) is 72.9 Å². The van der Waals surface area contributed by atoms with Crippen molar-refractivity contribution in [3.63, 3.8) is 0 Å². The van der Waals surface area contributed by atoms with Crippen molar-refractivity contribution in [3.8, 4) is 0 Å². The topological polar surface area (TPSA) is 32.3 Å². The largest absolute Gasteiger partial charge is 0.355 e. The Hall–Kier alpha value is -2.13. The van der Waals surface area contributed by atoms with Crippen LogP contribution in [0, 0.1) is 0 Å². The van der Waals surface area contributed by atoms with Crippen molar-refractivity contribution in [2.75, 3.05) is 13.1 Å². The second kappa shape index (κ2) is 23.0. The zero-order valence-electron chi connectivity index (χ0n) is 22.0. The molecule has 0 spiro atoms. The van der Waals surface area contributed by atoms with Crippen molar-refractivity contribution in [3.05, 3.63) is 72.9 Å². The second-order valence-corrected chi connectivity index (χ2v) is 8.73. The van der Waals surface area contributed by atoms with E-state index in [2.05, 4.69) is 118 Å². The van der Waals surface area contributed by atoms with Gasteiger partial charge in [-0.3, -0.25) is 9.69 Å². The van der Waals surface area contributed by atoms with Crippen molar-refractivity contribution < 1.29 is 4.79 Å².